The molecule has 2 heterocycles. The number of nitrogens with zero attached hydrogens (tertiary/aromatic N) is 6. The number of para-hydroxylation sites is 1. The number of hydrogen-bond donors (Lipinski definition) is 0. The number of aryl methyl sites for hydroxylation is 2. The zero-order valence-electron chi connectivity index (χ0n) is 23.3. The molecule has 0 radical (unpaired) electrons. The van der Waals surface area contributed by atoms with Crippen LogP contribution in [0.5, 0.6) is 5.75 Å². The van der Waals surface area contributed by atoms with Gasteiger partial charge in [-0.1, -0.05) is 54.2 Å². The number of benzene rings is 3. The number of rotatable bonds is 6. The first-order valence-electron chi connectivity index (χ1n) is 13.0. The van der Waals surface area contributed by atoms with Gasteiger partial charge in [-0.15, -0.1) is 18.3 Å². The molecule has 13 heteroatoms. The molecule has 0 N–H and O–H groups in total. The van der Waals surface area contributed by atoms with E-state index < -0.39 is 12.4 Å². The van der Waals surface area contributed by atoms with Crippen LogP contribution >= 0.6 is 11.8 Å². The third kappa shape index (κ3) is 7.17. The van der Waals surface area contributed by atoms with Gasteiger partial charge >= 0.3 is 12.4 Å². The molecule has 0 spiro atoms. The van der Waals surface area contributed by atoms with Crippen molar-refractivity contribution in [3.63, 3.8) is 0 Å². The number of amidine groups is 1. The fourth-order valence-electron chi connectivity index (χ4n) is 4.52. The first-order chi connectivity index (χ1) is 20.5. The molecule has 0 atom stereocenters. The van der Waals surface area contributed by atoms with E-state index in [0.717, 1.165) is 27.9 Å². The van der Waals surface area contributed by atoms with Gasteiger partial charge in [-0.3, -0.25) is 9.69 Å². The minimum absolute atomic E-state index is 0.137. The second-order valence-corrected chi connectivity index (χ2v) is 10.7. The summed E-state index contributed by atoms with van der Waals surface area (Å²) in [6.07, 6.45) is -2.90. The maximum atomic E-state index is 12.7. The lowest BCUT2D eigenvalue weighted by atomic mass is 10.1. The van der Waals surface area contributed by atoms with Crippen LogP contribution in [0.1, 0.15) is 23.6 Å². The number of amides is 3. The molecule has 0 unspecified atom stereocenters. The number of carbonyl (C=O) groups is 2. The molecule has 220 valence electrons. The summed E-state index contributed by atoms with van der Waals surface area (Å²) in [4.78, 5) is 39.3. The smallest absolute Gasteiger partial charge is 0.406 e. The predicted molar refractivity (Wildman–Crippen MR) is 159 cm³/mol. The Balaban J connectivity index is 1.24. The molecule has 3 amide bonds. The van der Waals surface area contributed by atoms with Crippen molar-refractivity contribution in [2.24, 2.45) is 9.98 Å². The van der Waals surface area contributed by atoms with Crippen LogP contribution in [0.3, 0.4) is 0 Å². The second kappa shape index (κ2) is 12.2. The molecule has 5 rings (SSSR count). The summed E-state index contributed by atoms with van der Waals surface area (Å²) in [5.41, 5.74) is 5.25. The van der Waals surface area contributed by atoms with Crippen molar-refractivity contribution in [3.05, 3.63) is 89.7 Å². The number of halogens is 3. The number of aliphatic imine (C=N–C) groups is 2. The van der Waals surface area contributed by atoms with Crippen LogP contribution in [0.15, 0.2) is 83.0 Å². The molecular formula is C30H25F3N6O3S. The average Bonchev–Trinajstić information content (AvgIpc) is 3.56. The van der Waals surface area contributed by atoms with Gasteiger partial charge < -0.3 is 4.74 Å². The van der Waals surface area contributed by atoms with Gasteiger partial charge in [-0.2, -0.15) is 4.99 Å². The zero-order chi connectivity index (χ0) is 30.7. The van der Waals surface area contributed by atoms with Crippen LogP contribution in [-0.2, 0) is 11.2 Å². The molecule has 1 saturated heterocycles. The van der Waals surface area contributed by atoms with E-state index in [0.29, 0.717) is 28.8 Å². The van der Waals surface area contributed by atoms with Crippen molar-refractivity contribution in [2.45, 2.75) is 33.6 Å². The highest BCUT2D eigenvalue weighted by atomic mass is 32.2. The van der Waals surface area contributed by atoms with Crippen LogP contribution in [0, 0.1) is 13.8 Å². The lowest BCUT2D eigenvalue weighted by molar-refractivity contribution is -0.274. The minimum atomic E-state index is -4.76. The van der Waals surface area contributed by atoms with Gasteiger partial charge in [0, 0.05) is 17.7 Å². The summed E-state index contributed by atoms with van der Waals surface area (Å²) in [7, 11) is 0. The van der Waals surface area contributed by atoms with Crippen molar-refractivity contribution in [1.82, 2.24) is 14.8 Å². The van der Waals surface area contributed by atoms with E-state index in [1.807, 2.05) is 56.3 Å². The number of ether oxygens (including phenoxy) is 1. The Morgan fingerprint density at radius 2 is 1.70 bits per heavy atom. The molecule has 1 aliphatic heterocycles. The molecule has 1 aromatic heterocycles. The van der Waals surface area contributed by atoms with Gasteiger partial charge in [-0.05, 0) is 61.7 Å². The topological polar surface area (TPSA) is 102 Å². The third-order valence-electron chi connectivity index (χ3n) is 6.41. The van der Waals surface area contributed by atoms with Crippen molar-refractivity contribution < 1.29 is 27.5 Å². The van der Waals surface area contributed by atoms with Crippen LogP contribution < -0.4 is 9.64 Å². The summed E-state index contributed by atoms with van der Waals surface area (Å²) >= 11 is 1.21. The molecule has 0 aliphatic carbocycles. The first-order valence-corrected chi connectivity index (χ1v) is 14.0. The average molecular weight is 607 g/mol. The normalized spacial score (nSPS) is 14.9. The number of aromatic nitrogens is 3. The van der Waals surface area contributed by atoms with Gasteiger partial charge in [0.1, 0.15) is 12.1 Å². The summed E-state index contributed by atoms with van der Waals surface area (Å²) in [5, 5.41) is 4.72. The van der Waals surface area contributed by atoms with Crippen LogP contribution in [0.2, 0.25) is 0 Å². The summed E-state index contributed by atoms with van der Waals surface area (Å²) < 4.78 is 42.5. The van der Waals surface area contributed by atoms with E-state index in [2.05, 4.69) is 24.8 Å². The summed E-state index contributed by atoms with van der Waals surface area (Å²) in [5.74, 6) is 0.163. The van der Waals surface area contributed by atoms with Crippen LogP contribution in [0.4, 0.5) is 23.7 Å². The number of thioether (sulfide) groups is 1. The van der Waals surface area contributed by atoms with Gasteiger partial charge in [0.2, 0.25) is 5.91 Å². The Labute approximate surface area is 249 Å². The second-order valence-electron chi connectivity index (χ2n) is 9.71. The highest BCUT2D eigenvalue weighted by Gasteiger charge is 2.32. The zero-order valence-corrected chi connectivity index (χ0v) is 24.1. The minimum Gasteiger partial charge on any atom is -0.406 e. The number of alkyl halides is 3. The monoisotopic (exact) mass is 606 g/mol. The predicted octanol–water partition coefficient (Wildman–Crippen LogP) is 6.71. The summed E-state index contributed by atoms with van der Waals surface area (Å²) in [6, 6.07) is 17.7. The molecule has 9 nitrogen and oxygen atoms in total. The fraction of sp³-hybridized carbons (Fsp3) is 0.200. The van der Waals surface area contributed by atoms with E-state index in [9.17, 15) is 22.8 Å². The van der Waals surface area contributed by atoms with E-state index in [1.165, 1.54) is 51.9 Å². The Morgan fingerprint density at radius 1 is 1.02 bits per heavy atom. The molecule has 1 aliphatic rings. The Hall–Kier alpha value is -4.78. The van der Waals surface area contributed by atoms with Gasteiger partial charge in [0.05, 0.1) is 17.1 Å². The number of carbonyl (C=O) groups excluding carboxylic acids is 2. The standard InChI is InChI=1S/C30H25F3N6O3S/c1-18-5-4-6-19(2)26(18)39-25(40)16-43-29(39)36-28(41)35-20(3)15-21-7-9-22(10-8-21)27-34-17-38(37-27)23-11-13-24(14-12-23)42-30(31,32)33/h4-14,17H,15-16H2,1-3H3. The van der Waals surface area contributed by atoms with Crippen molar-refractivity contribution in [1.29, 1.82) is 0 Å². The van der Waals surface area contributed by atoms with Gasteiger partial charge in [0.15, 0.2) is 11.0 Å². The van der Waals surface area contributed by atoms with Crippen molar-refractivity contribution in [2.75, 3.05) is 10.7 Å². The SMILES string of the molecule is CC(Cc1ccc(-c2ncn(-c3ccc(OC(F)(F)F)cc3)n2)cc1)=NC(=O)N=C1SCC(=O)N1c1c(C)cccc1C. The Kier molecular flexibility index (Phi) is 8.44. The molecule has 43 heavy (non-hydrogen) atoms. The fourth-order valence-corrected chi connectivity index (χ4v) is 5.37. The van der Waals surface area contributed by atoms with Crippen molar-refractivity contribution in [3.8, 4) is 22.8 Å². The van der Waals surface area contributed by atoms with E-state index >= 15 is 0 Å². The lowest BCUT2D eigenvalue weighted by Crippen LogP contribution is -2.31. The quantitative estimate of drug-likeness (QED) is 0.226. The molecule has 0 bridgehead atoms. The third-order valence-corrected chi connectivity index (χ3v) is 7.33. The van der Waals surface area contributed by atoms with E-state index in [1.54, 1.807) is 6.92 Å². The largest absolute Gasteiger partial charge is 0.573 e. The lowest BCUT2D eigenvalue weighted by Gasteiger charge is -2.20. The summed E-state index contributed by atoms with van der Waals surface area (Å²) in [6.45, 7) is 5.55. The highest BCUT2D eigenvalue weighted by Crippen LogP contribution is 2.32. The van der Waals surface area contributed by atoms with E-state index in [4.69, 9.17) is 0 Å². The maximum Gasteiger partial charge on any atom is 0.573 e. The first kappa shape index (κ1) is 29.7. The maximum absolute atomic E-state index is 12.7. The molecule has 0 saturated carbocycles. The molecular weight excluding hydrogens is 581 g/mol. The van der Waals surface area contributed by atoms with Crippen molar-refractivity contribution >= 4 is 40.3 Å². The number of urea groups is 1. The Morgan fingerprint density at radius 3 is 2.35 bits per heavy atom. The van der Waals surface area contributed by atoms with Crippen LogP contribution in [-0.4, -0.2) is 49.7 Å². The molecule has 3 aromatic carbocycles. The Bertz CT molecular complexity index is 1710. The van der Waals surface area contributed by atoms with Crippen LogP contribution in [0.25, 0.3) is 17.1 Å². The number of hydrogen-bond acceptors (Lipinski definition) is 6. The highest BCUT2D eigenvalue weighted by molar-refractivity contribution is 8.15. The molecule has 4 aromatic rings. The number of anilines is 1. The van der Waals surface area contributed by atoms with E-state index in [-0.39, 0.29) is 17.4 Å². The van der Waals surface area contributed by atoms with Gasteiger partial charge in [-0.25, -0.2) is 19.5 Å². The van der Waals surface area contributed by atoms with Gasteiger partial charge in [0.25, 0.3) is 0 Å². The molecule has 1 fully saturated rings.